The lowest BCUT2D eigenvalue weighted by atomic mass is 10.1. The Labute approximate surface area is 290 Å². The lowest BCUT2D eigenvalue weighted by Gasteiger charge is -2.16. The number of ether oxygens (including phenoxy) is 7. The smallest absolute Gasteiger partial charge is 0.417 e. The van der Waals surface area contributed by atoms with Crippen molar-refractivity contribution in [1.29, 1.82) is 0 Å². The molecule has 0 saturated carbocycles. The molecule has 2 aliphatic rings. The van der Waals surface area contributed by atoms with Gasteiger partial charge in [-0.05, 0) is 19.3 Å². The van der Waals surface area contributed by atoms with Gasteiger partial charge in [0.05, 0.1) is 33.0 Å². The van der Waals surface area contributed by atoms with E-state index >= 15 is 0 Å². The predicted molar refractivity (Wildman–Crippen MR) is 176 cm³/mol. The molecule has 2 unspecified atom stereocenters. The van der Waals surface area contributed by atoms with Crippen molar-refractivity contribution in [3.63, 3.8) is 0 Å². The molecule has 0 bridgehead atoms. The van der Waals surface area contributed by atoms with Crippen molar-refractivity contribution in [2.45, 2.75) is 160 Å². The number of carbonyl (C=O) groups excluding carboxylic acids is 6. The van der Waals surface area contributed by atoms with E-state index in [9.17, 15) is 28.8 Å². The Balaban J connectivity index is 1.32. The maximum absolute atomic E-state index is 12.1. The average molecular weight is 699 g/mol. The normalized spacial score (nSPS) is 19.5. The SMILES string of the molecule is CCCCCCCCCCCCOC(=O)C(=O)OCCCCCCCCCCCCOC(=O)C(=O)O[C@@H]1COC2C1OC[C@H]2OC(=O)C=O. The molecule has 2 fully saturated rings. The Morgan fingerprint density at radius 1 is 0.490 bits per heavy atom. The fourth-order valence-corrected chi connectivity index (χ4v) is 5.87. The van der Waals surface area contributed by atoms with Crippen molar-refractivity contribution in [3.8, 4) is 0 Å². The third kappa shape index (κ3) is 18.5. The molecule has 2 heterocycles. The van der Waals surface area contributed by atoms with E-state index in [0.29, 0.717) is 12.8 Å². The van der Waals surface area contributed by atoms with Crippen LogP contribution in [0, 0.1) is 0 Å². The van der Waals surface area contributed by atoms with E-state index in [-0.39, 0.29) is 39.3 Å². The van der Waals surface area contributed by atoms with Crippen molar-refractivity contribution in [1.82, 2.24) is 0 Å². The molecule has 2 rings (SSSR count). The van der Waals surface area contributed by atoms with Gasteiger partial charge in [-0.1, -0.05) is 116 Å². The van der Waals surface area contributed by atoms with Crippen LogP contribution in [0.1, 0.15) is 135 Å². The zero-order valence-corrected chi connectivity index (χ0v) is 29.4. The zero-order valence-electron chi connectivity index (χ0n) is 29.4. The van der Waals surface area contributed by atoms with E-state index in [1.54, 1.807) is 0 Å². The highest BCUT2D eigenvalue weighted by Crippen LogP contribution is 2.30. The molecule has 49 heavy (non-hydrogen) atoms. The lowest BCUT2D eigenvalue weighted by molar-refractivity contribution is -0.173. The van der Waals surface area contributed by atoms with Crippen LogP contribution in [-0.4, -0.2) is 93.6 Å². The molecule has 0 aromatic heterocycles. The average Bonchev–Trinajstić information content (AvgIpc) is 3.69. The van der Waals surface area contributed by atoms with Gasteiger partial charge < -0.3 is 33.2 Å². The minimum absolute atomic E-state index is 0.00776. The highest BCUT2D eigenvalue weighted by Gasteiger charge is 2.51. The molecule has 0 amide bonds. The summed E-state index contributed by atoms with van der Waals surface area (Å²) in [4.78, 5) is 69.4. The molecule has 0 aliphatic carbocycles. The standard InChI is InChI=1S/C36H58O13/c1-2-3-4-5-6-7-10-13-16-19-22-43-33(39)34(40)44-23-20-17-14-11-8-9-12-15-18-21-24-45-35(41)36(42)49-29-27-47-31-28(26-46-32(29)31)48-30(38)25-37/h25,28-29,31-32H,2-24,26-27H2,1H3/t28-,29-,31?,32?/m1/s1. The Morgan fingerprint density at radius 3 is 1.18 bits per heavy atom. The Morgan fingerprint density at radius 2 is 0.816 bits per heavy atom. The minimum Gasteiger partial charge on any atom is -0.457 e. The summed E-state index contributed by atoms with van der Waals surface area (Å²) in [6.07, 6.45) is 18.4. The summed E-state index contributed by atoms with van der Waals surface area (Å²) in [5.74, 6) is -5.07. The van der Waals surface area contributed by atoms with Crippen LogP contribution in [0.4, 0.5) is 0 Å². The van der Waals surface area contributed by atoms with Crippen molar-refractivity contribution in [2.75, 3.05) is 33.0 Å². The molecule has 2 saturated heterocycles. The molecule has 0 aromatic rings. The van der Waals surface area contributed by atoms with Gasteiger partial charge in [0.15, 0.2) is 12.2 Å². The van der Waals surface area contributed by atoms with Crippen molar-refractivity contribution < 1.29 is 61.9 Å². The molecular formula is C36H58O13. The van der Waals surface area contributed by atoms with E-state index in [1.807, 2.05) is 0 Å². The molecule has 0 aromatic carbocycles. The number of hydrogen-bond donors (Lipinski definition) is 0. The van der Waals surface area contributed by atoms with E-state index in [4.69, 9.17) is 33.2 Å². The quantitative estimate of drug-likeness (QED) is 0.0359. The van der Waals surface area contributed by atoms with Crippen LogP contribution >= 0.6 is 0 Å². The first kappa shape index (κ1) is 42.1. The molecular weight excluding hydrogens is 640 g/mol. The van der Waals surface area contributed by atoms with E-state index in [1.165, 1.54) is 44.9 Å². The molecule has 2 aliphatic heterocycles. The van der Waals surface area contributed by atoms with Crippen LogP contribution < -0.4 is 0 Å². The van der Waals surface area contributed by atoms with Crippen LogP contribution in [-0.2, 0) is 61.9 Å². The summed E-state index contributed by atoms with van der Waals surface area (Å²) < 4.78 is 36.1. The topological polar surface area (TPSA) is 167 Å². The molecule has 13 heteroatoms. The van der Waals surface area contributed by atoms with Crippen LogP contribution in [0.5, 0.6) is 0 Å². The van der Waals surface area contributed by atoms with Crippen LogP contribution in [0.3, 0.4) is 0 Å². The van der Waals surface area contributed by atoms with Crippen molar-refractivity contribution in [3.05, 3.63) is 0 Å². The first-order valence-electron chi connectivity index (χ1n) is 18.5. The zero-order chi connectivity index (χ0) is 35.5. The molecule has 4 atom stereocenters. The number of rotatable bonds is 27. The lowest BCUT2D eigenvalue weighted by Crippen LogP contribution is -2.37. The maximum atomic E-state index is 12.1. The second-order valence-corrected chi connectivity index (χ2v) is 12.8. The number of hydrogen-bond acceptors (Lipinski definition) is 13. The van der Waals surface area contributed by atoms with Crippen LogP contribution in [0.15, 0.2) is 0 Å². The van der Waals surface area contributed by atoms with E-state index in [2.05, 4.69) is 6.92 Å². The minimum atomic E-state index is -1.14. The van der Waals surface area contributed by atoms with Gasteiger partial charge >= 0.3 is 29.8 Å². The number of fused-ring (bicyclic) bond motifs is 1. The largest absolute Gasteiger partial charge is 0.457 e. The molecule has 13 nitrogen and oxygen atoms in total. The number of carbonyl (C=O) groups is 6. The van der Waals surface area contributed by atoms with Gasteiger partial charge in [-0.15, -0.1) is 0 Å². The van der Waals surface area contributed by atoms with E-state index < -0.39 is 54.3 Å². The van der Waals surface area contributed by atoms with Gasteiger partial charge in [0.2, 0.25) is 6.29 Å². The summed E-state index contributed by atoms with van der Waals surface area (Å²) in [5, 5.41) is 0. The van der Waals surface area contributed by atoms with Gasteiger partial charge in [0.1, 0.15) is 12.2 Å². The Bertz CT molecular complexity index is 984. The summed E-state index contributed by atoms with van der Waals surface area (Å²) in [6, 6.07) is 0. The highest BCUT2D eigenvalue weighted by molar-refractivity contribution is 6.30. The Kier molecular flexibility index (Phi) is 23.0. The predicted octanol–water partition coefficient (Wildman–Crippen LogP) is 5.26. The van der Waals surface area contributed by atoms with Gasteiger partial charge in [-0.2, -0.15) is 0 Å². The molecule has 0 N–H and O–H groups in total. The fourth-order valence-electron chi connectivity index (χ4n) is 5.87. The monoisotopic (exact) mass is 698 g/mol. The van der Waals surface area contributed by atoms with Crippen molar-refractivity contribution >= 4 is 36.1 Å². The second-order valence-electron chi connectivity index (χ2n) is 12.8. The van der Waals surface area contributed by atoms with Gasteiger partial charge in [0, 0.05) is 0 Å². The van der Waals surface area contributed by atoms with Crippen LogP contribution in [0.25, 0.3) is 0 Å². The number of aldehydes is 1. The van der Waals surface area contributed by atoms with Crippen LogP contribution in [0.2, 0.25) is 0 Å². The van der Waals surface area contributed by atoms with Crippen molar-refractivity contribution in [2.24, 2.45) is 0 Å². The molecule has 0 radical (unpaired) electrons. The fraction of sp³-hybridized carbons (Fsp3) is 0.833. The number of esters is 5. The molecule has 0 spiro atoms. The highest BCUT2D eigenvalue weighted by atomic mass is 16.7. The summed E-state index contributed by atoms with van der Waals surface area (Å²) in [7, 11) is 0. The summed E-state index contributed by atoms with van der Waals surface area (Å²) >= 11 is 0. The summed E-state index contributed by atoms with van der Waals surface area (Å²) in [5.41, 5.74) is 0. The molecule has 280 valence electrons. The van der Waals surface area contributed by atoms with Gasteiger partial charge in [-0.3, -0.25) is 4.79 Å². The first-order chi connectivity index (χ1) is 23.9. The Hall–Kier alpha value is -3.06. The van der Waals surface area contributed by atoms with Gasteiger partial charge in [0.25, 0.3) is 0 Å². The first-order valence-corrected chi connectivity index (χ1v) is 18.5. The van der Waals surface area contributed by atoms with E-state index in [0.717, 1.165) is 70.6 Å². The second kappa shape index (κ2) is 26.8. The maximum Gasteiger partial charge on any atom is 0.417 e. The van der Waals surface area contributed by atoms with Gasteiger partial charge in [-0.25, -0.2) is 24.0 Å². The summed E-state index contributed by atoms with van der Waals surface area (Å²) in [6.45, 7) is 2.78. The number of unbranched alkanes of at least 4 members (excludes halogenated alkanes) is 18. The third-order valence-electron chi connectivity index (χ3n) is 8.65. The third-order valence-corrected chi connectivity index (χ3v) is 8.65.